The van der Waals surface area contributed by atoms with Gasteiger partial charge in [0.05, 0.1) is 19.1 Å². The standard InChI is InChI=1S/C14H20N2O4S/c1-19-11-7-12(20-2)9-13(8-11)21(17,18)16-6-5-15-10-14(16)3-4-14/h7-9,15H,3-6,10H2,1-2H3. The highest BCUT2D eigenvalue weighted by atomic mass is 32.2. The van der Waals surface area contributed by atoms with Crippen molar-refractivity contribution < 1.29 is 17.9 Å². The molecule has 2 aliphatic rings. The second kappa shape index (κ2) is 5.15. The minimum atomic E-state index is -3.54. The van der Waals surface area contributed by atoms with Gasteiger partial charge < -0.3 is 14.8 Å². The lowest BCUT2D eigenvalue weighted by Crippen LogP contribution is -2.55. The summed E-state index contributed by atoms with van der Waals surface area (Å²) in [6.07, 6.45) is 1.83. The van der Waals surface area contributed by atoms with Crippen molar-refractivity contribution in [3.05, 3.63) is 18.2 Å². The number of nitrogens with zero attached hydrogens (tertiary/aromatic N) is 1. The van der Waals surface area contributed by atoms with Crippen LogP contribution in [0.3, 0.4) is 0 Å². The fraction of sp³-hybridized carbons (Fsp3) is 0.571. The normalized spacial score (nSPS) is 21.2. The van der Waals surface area contributed by atoms with E-state index in [1.165, 1.54) is 14.2 Å². The van der Waals surface area contributed by atoms with Gasteiger partial charge in [-0.05, 0) is 12.8 Å². The Hall–Kier alpha value is -1.31. The van der Waals surface area contributed by atoms with Crippen LogP contribution in [0.5, 0.6) is 11.5 Å². The molecule has 1 aliphatic heterocycles. The van der Waals surface area contributed by atoms with Crippen molar-refractivity contribution in [2.24, 2.45) is 0 Å². The van der Waals surface area contributed by atoms with E-state index in [0.717, 1.165) is 19.4 Å². The van der Waals surface area contributed by atoms with E-state index in [1.807, 2.05) is 0 Å². The van der Waals surface area contributed by atoms with Crippen molar-refractivity contribution in [1.82, 2.24) is 9.62 Å². The average molecular weight is 312 g/mol. The third kappa shape index (κ3) is 2.49. The second-order valence-corrected chi connectivity index (χ2v) is 7.39. The van der Waals surface area contributed by atoms with E-state index in [-0.39, 0.29) is 10.4 Å². The maximum atomic E-state index is 13.0. The predicted octanol–water partition coefficient (Wildman–Crippen LogP) is 0.830. The molecule has 6 nitrogen and oxygen atoms in total. The molecule has 1 aromatic rings. The molecule has 1 saturated carbocycles. The molecule has 0 unspecified atom stereocenters. The zero-order valence-electron chi connectivity index (χ0n) is 12.3. The molecule has 1 aliphatic carbocycles. The highest BCUT2D eigenvalue weighted by Gasteiger charge is 2.54. The summed E-state index contributed by atoms with van der Waals surface area (Å²) < 4.78 is 37.9. The molecule has 0 radical (unpaired) electrons. The highest BCUT2D eigenvalue weighted by Crippen LogP contribution is 2.45. The molecule has 1 N–H and O–H groups in total. The Balaban J connectivity index is 2.01. The molecule has 1 saturated heterocycles. The number of sulfonamides is 1. The third-order valence-corrected chi connectivity index (χ3v) is 6.20. The summed E-state index contributed by atoms with van der Waals surface area (Å²) in [5, 5.41) is 3.28. The number of ether oxygens (including phenoxy) is 2. The van der Waals surface area contributed by atoms with Gasteiger partial charge in [0, 0.05) is 43.4 Å². The maximum absolute atomic E-state index is 13.0. The van der Waals surface area contributed by atoms with Crippen LogP contribution in [0.4, 0.5) is 0 Å². The van der Waals surface area contributed by atoms with E-state index in [4.69, 9.17) is 9.47 Å². The van der Waals surface area contributed by atoms with E-state index < -0.39 is 10.0 Å². The number of nitrogens with one attached hydrogen (secondary N) is 1. The molecule has 2 fully saturated rings. The first-order valence-electron chi connectivity index (χ1n) is 6.98. The molecule has 0 bridgehead atoms. The van der Waals surface area contributed by atoms with Crippen LogP contribution in [-0.4, -0.2) is 52.1 Å². The van der Waals surface area contributed by atoms with Gasteiger partial charge in [0.1, 0.15) is 11.5 Å². The molecule has 116 valence electrons. The van der Waals surface area contributed by atoms with Gasteiger partial charge in [-0.15, -0.1) is 0 Å². The lowest BCUT2D eigenvalue weighted by molar-refractivity contribution is 0.249. The first kappa shape index (κ1) is 14.6. The smallest absolute Gasteiger partial charge is 0.243 e. The quantitative estimate of drug-likeness (QED) is 0.892. The number of piperazine rings is 1. The molecular formula is C14H20N2O4S. The van der Waals surface area contributed by atoms with Crippen LogP contribution in [0.25, 0.3) is 0 Å². The average Bonchev–Trinajstić information content (AvgIpc) is 3.26. The van der Waals surface area contributed by atoms with Gasteiger partial charge in [-0.3, -0.25) is 0 Å². The molecular weight excluding hydrogens is 292 g/mol. The van der Waals surface area contributed by atoms with Crippen LogP contribution in [0.15, 0.2) is 23.1 Å². The Morgan fingerprint density at radius 3 is 2.29 bits per heavy atom. The maximum Gasteiger partial charge on any atom is 0.243 e. The summed E-state index contributed by atoms with van der Waals surface area (Å²) in [6, 6.07) is 4.77. The summed E-state index contributed by atoms with van der Waals surface area (Å²) in [5.41, 5.74) is -0.229. The van der Waals surface area contributed by atoms with Gasteiger partial charge in [-0.1, -0.05) is 0 Å². The SMILES string of the molecule is COc1cc(OC)cc(S(=O)(=O)N2CCNCC23CC3)c1. The first-order valence-corrected chi connectivity index (χ1v) is 8.42. The summed E-state index contributed by atoms with van der Waals surface area (Å²) in [4.78, 5) is 0.229. The van der Waals surface area contributed by atoms with Crippen molar-refractivity contribution in [3.8, 4) is 11.5 Å². The van der Waals surface area contributed by atoms with Crippen molar-refractivity contribution in [2.75, 3.05) is 33.9 Å². The number of hydrogen-bond donors (Lipinski definition) is 1. The number of hydrogen-bond acceptors (Lipinski definition) is 5. The van der Waals surface area contributed by atoms with Gasteiger partial charge >= 0.3 is 0 Å². The lowest BCUT2D eigenvalue weighted by Gasteiger charge is -2.35. The topological polar surface area (TPSA) is 67.9 Å². The first-order chi connectivity index (χ1) is 10.0. The minimum Gasteiger partial charge on any atom is -0.497 e. The van der Waals surface area contributed by atoms with E-state index in [1.54, 1.807) is 22.5 Å². The van der Waals surface area contributed by atoms with Crippen LogP contribution in [0.1, 0.15) is 12.8 Å². The van der Waals surface area contributed by atoms with Crippen molar-refractivity contribution in [3.63, 3.8) is 0 Å². The van der Waals surface area contributed by atoms with Crippen LogP contribution in [0, 0.1) is 0 Å². The molecule has 0 amide bonds. The molecule has 3 rings (SSSR count). The molecule has 1 heterocycles. The highest BCUT2D eigenvalue weighted by molar-refractivity contribution is 7.89. The Morgan fingerprint density at radius 2 is 1.76 bits per heavy atom. The summed E-state index contributed by atoms with van der Waals surface area (Å²) in [6.45, 7) is 1.91. The molecule has 21 heavy (non-hydrogen) atoms. The Bertz CT molecular complexity index is 618. The summed E-state index contributed by atoms with van der Waals surface area (Å²) >= 11 is 0. The minimum absolute atomic E-state index is 0.229. The number of methoxy groups -OCH3 is 2. The zero-order chi connectivity index (χ0) is 15.1. The number of benzene rings is 1. The third-order valence-electron chi connectivity index (χ3n) is 4.21. The Labute approximate surface area is 125 Å². The Morgan fingerprint density at radius 1 is 1.14 bits per heavy atom. The predicted molar refractivity (Wildman–Crippen MR) is 78.3 cm³/mol. The van der Waals surface area contributed by atoms with Gasteiger partial charge in [-0.2, -0.15) is 4.31 Å². The van der Waals surface area contributed by atoms with Crippen molar-refractivity contribution in [1.29, 1.82) is 0 Å². The lowest BCUT2D eigenvalue weighted by atomic mass is 10.2. The van der Waals surface area contributed by atoms with Crippen LogP contribution in [0.2, 0.25) is 0 Å². The van der Waals surface area contributed by atoms with Crippen molar-refractivity contribution in [2.45, 2.75) is 23.3 Å². The summed E-state index contributed by atoms with van der Waals surface area (Å²) in [5.74, 6) is 0.959. The van der Waals surface area contributed by atoms with Gasteiger partial charge in [-0.25, -0.2) is 8.42 Å². The molecule has 0 aromatic heterocycles. The molecule has 1 spiro atoms. The van der Waals surface area contributed by atoms with Crippen molar-refractivity contribution >= 4 is 10.0 Å². The van der Waals surface area contributed by atoms with Gasteiger partial charge in [0.2, 0.25) is 10.0 Å². The van der Waals surface area contributed by atoms with Crippen LogP contribution in [-0.2, 0) is 10.0 Å². The van der Waals surface area contributed by atoms with E-state index in [0.29, 0.717) is 24.6 Å². The van der Waals surface area contributed by atoms with Crippen LogP contribution >= 0.6 is 0 Å². The van der Waals surface area contributed by atoms with Gasteiger partial charge in [0.15, 0.2) is 0 Å². The van der Waals surface area contributed by atoms with Gasteiger partial charge in [0.25, 0.3) is 0 Å². The number of rotatable bonds is 4. The fourth-order valence-electron chi connectivity index (χ4n) is 2.83. The Kier molecular flexibility index (Phi) is 3.59. The monoisotopic (exact) mass is 312 g/mol. The largest absolute Gasteiger partial charge is 0.497 e. The molecule has 7 heteroatoms. The molecule has 0 atom stereocenters. The zero-order valence-corrected chi connectivity index (χ0v) is 13.1. The van der Waals surface area contributed by atoms with E-state index >= 15 is 0 Å². The van der Waals surface area contributed by atoms with Crippen LogP contribution < -0.4 is 14.8 Å². The second-order valence-electron chi connectivity index (χ2n) is 5.53. The fourth-order valence-corrected chi connectivity index (χ4v) is 4.70. The van der Waals surface area contributed by atoms with E-state index in [9.17, 15) is 8.42 Å². The molecule has 1 aromatic carbocycles. The van der Waals surface area contributed by atoms with E-state index in [2.05, 4.69) is 5.32 Å². The summed E-state index contributed by atoms with van der Waals surface area (Å²) in [7, 11) is -0.514.